The molecule has 0 radical (unpaired) electrons. The molecule has 2 aromatic rings. The summed E-state index contributed by atoms with van der Waals surface area (Å²) in [5, 5.41) is 9.41. The lowest BCUT2D eigenvalue weighted by Crippen LogP contribution is -1.71. The fourth-order valence-corrected chi connectivity index (χ4v) is 1.51. The molecule has 0 amide bonds. The van der Waals surface area contributed by atoms with Crippen molar-refractivity contribution in [3.05, 3.63) is 22.5 Å². The smallest absolute Gasteiger partial charge is 0.192 e. The monoisotopic (exact) mass is 227 g/mol. The van der Waals surface area contributed by atoms with E-state index in [1.54, 1.807) is 19.1 Å². The molecule has 62 valence electrons. The molecule has 0 spiro atoms. The van der Waals surface area contributed by atoms with E-state index >= 15 is 0 Å². The molecule has 0 saturated carbocycles. The molecule has 1 heterocycles. The van der Waals surface area contributed by atoms with Gasteiger partial charge in [0.1, 0.15) is 5.75 Å². The number of phenolic OH excluding ortho intramolecular Hbond substituents is 1. The van der Waals surface area contributed by atoms with Gasteiger partial charge >= 0.3 is 0 Å². The van der Waals surface area contributed by atoms with Crippen LogP contribution >= 0.6 is 15.9 Å². The summed E-state index contributed by atoms with van der Waals surface area (Å²) in [6.07, 6.45) is 0. The number of nitrogens with zero attached hydrogens (tertiary/aromatic N) is 1. The van der Waals surface area contributed by atoms with Crippen molar-refractivity contribution in [3.63, 3.8) is 0 Å². The number of hydrogen-bond donors (Lipinski definition) is 1. The third-order valence-corrected chi connectivity index (χ3v) is 2.00. The first-order valence-electron chi connectivity index (χ1n) is 3.42. The number of aryl methyl sites for hydroxylation is 1. The van der Waals surface area contributed by atoms with E-state index in [2.05, 4.69) is 20.9 Å². The fraction of sp³-hybridized carbons (Fsp3) is 0.125. The second-order valence-corrected chi connectivity index (χ2v) is 3.42. The van der Waals surface area contributed by atoms with Crippen LogP contribution in [0.25, 0.3) is 11.1 Å². The molecule has 3 nitrogen and oxygen atoms in total. The molecule has 0 fully saturated rings. The van der Waals surface area contributed by atoms with Gasteiger partial charge in [-0.15, -0.1) is 0 Å². The highest BCUT2D eigenvalue weighted by molar-refractivity contribution is 9.10. The van der Waals surface area contributed by atoms with E-state index in [0.717, 1.165) is 4.47 Å². The number of benzene rings is 1. The van der Waals surface area contributed by atoms with Gasteiger partial charge in [0.2, 0.25) is 0 Å². The Bertz CT molecular complexity index is 436. The first-order chi connectivity index (χ1) is 5.66. The highest BCUT2D eigenvalue weighted by Gasteiger charge is 2.07. The Morgan fingerprint density at radius 1 is 1.50 bits per heavy atom. The number of phenols is 1. The van der Waals surface area contributed by atoms with Gasteiger partial charge in [0.25, 0.3) is 0 Å². The lowest BCUT2D eigenvalue weighted by molar-refractivity contribution is 0.480. The number of halogens is 1. The van der Waals surface area contributed by atoms with Crippen molar-refractivity contribution in [1.29, 1.82) is 0 Å². The number of fused-ring (bicyclic) bond motifs is 1. The van der Waals surface area contributed by atoms with Gasteiger partial charge in [-0.2, -0.15) is 0 Å². The summed E-state index contributed by atoms with van der Waals surface area (Å²) in [5.74, 6) is 0.689. The van der Waals surface area contributed by atoms with Gasteiger partial charge in [-0.25, -0.2) is 4.98 Å². The summed E-state index contributed by atoms with van der Waals surface area (Å²) in [6, 6.07) is 3.36. The summed E-state index contributed by atoms with van der Waals surface area (Å²) in [5.41, 5.74) is 1.11. The van der Waals surface area contributed by atoms with Gasteiger partial charge in [-0.3, -0.25) is 0 Å². The van der Waals surface area contributed by atoms with E-state index in [0.29, 0.717) is 17.0 Å². The van der Waals surface area contributed by atoms with Crippen LogP contribution in [0, 0.1) is 6.92 Å². The Labute approximate surface area is 77.2 Å². The number of oxazole rings is 1. The van der Waals surface area contributed by atoms with Crippen LogP contribution in [0.5, 0.6) is 5.75 Å². The predicted octanol–water partition coefficient (Wildman–Crippen LogP) is 2.60. The van der Waals surface area contributed by atoms with Crippen molar-refractivity contribution >= 4 is 27.0 Å². The Kier molecular flexibility index (Phi) is 1.58. The van der Waals surface area contributed by atoms with Crippen molar-refractivity contribution < 1.29 is 9.52 Å². The van der Waals surface area contributed by atoms with Crippen LogP contribution in [0.4, 0.5) is 0 Å². The van der Waals surface area contributed by atoms with Crippen LogP contribution in [-0.2, 0) is 0 Å². The Morgan fingerprint density at radius 2 is 2.25 bits per heavy atom. The van der Waals surface area contributed by atoms with E-state index < -0.39 is 0 Å². The van der Waals surface area contributed by atoms with Crippen molar-refractivity contribution in [2.24, 2.45) is 0 Å². The lowest BCUT2D eigenvalue weighted by Gasteiger charge is -1.92. The van der Waals surface area contributed by atoms with Gasteiger partial charge in [0.15, 0.2) is 17.0 Å². The van der Waals surface area contributed by atoms with Crippen molar-refractivity contribution in [2.75, 3.05) is 0 Å². The lowest BCUT2D eigenvalue weighted by atomic mass is 10.3. The van der Waals surface area contributed by atoms with E-state index in [1.165, 1.54) is 0 Å². The topological polar surface area (TPSA) is 46.3 Å². The molecule has 12 heavy (non-hydrogen) atoms. The van der Waals surface area contributed by atoms with Crippen LogP contribution in [0.2, 0.25) is 0 Å². The average Bonchev–Trinajstić information content (AvgIpc) is 2.29. The van der Waals surface area contributed by atoms with E-state index in [4.69, 9.17) is 4.42 Å². The zero-order chi connectivity index (χ0) is 8.72. The maximum atomic E-state index is 9.41. The van der Waals surface area contributed by atoms with Crippen LogP contribution in [0.15, 0.2) is 21.0 Å². The minimum Gasteiger partial charge on any atom is -0.505 e. The number of aromatic nitrogens is 1. The standard InChI is InChI=1S/C8H6BrNO2/c1-4-10-8-6(11)2-5(9)3-7(8)12-4/h2-3,11H,1H3. The van der Waals surface area contributed by atoms with Crippen molar-refractivity contribution in [1.82, 2.24) is 4.98 Å². The quantitative estimate of drug-likeness (QED) is 0.753. The molecule has 0 aliphatic carbocycles. The molecule has 0 atom stereocenters. The highest BCUT2D eigenvalue weighted by Crippen LogP contribution is 2.28. The SMILES string of the molecule is Cc1nc2c(O)cc(Br)cc2o1. The second-order valence-electron chi connectivity index (χ2n) is 2.50. The molecule has 2 rings (SSSR count). The summed E-state index contributed by atoms with van der Waals surface area (Å²) in [6.45, 7) is 1.74. The molecule has 4 heteroatoms. The van der Waals surface area contributed by atoms with Gasteiger partial charge in [0, 0.05) is 11.4 Å². The largest absolute Gasteiger partial charge is 0.505 e. The second kappa shape index (κ2) is 2.48. The zero-order valence-corrected chi connectivity index (χ0v) is 7.92. The van der Waals surface area contributed by atoms with Crippen LogP contribution < -0.4 is 0 Å². The van der Waals surface area contributed by atoms with Crippen LogP contribution in [0.3, 0.4) is 0 Å². The summed E-state index contributed by atoms with van der Waals surface area (Å²) < 4.78 is 6.01. The van der Waals surface area contributed by atoms with Crippen LogP contribution in [-0.4, -0.2) is 10.1 Å². The summed E-state index contributed by atoms with van der Waals surface area (Å²) in [4.78, 5) is 4.02. The van der Waals surface area contributed by atoms with Crippen LogP contribution in [0.1, 0.15) is 5.89 Å². The third-order valence-electron chi connectivity index (χ3n) is 1.55. The van der Waals surface area contributed by atoms with Gasteiger partial charge < -0.3 is 9.52 Å². The van der Waals surface area contributed by atoms with E-state index in [9.17, 15) is 5.11 Å². The van der Waals surface area contributed by atoms with E-state index in [-0.39, 0.29) is 5.75 Å². The van der Waals surface area contributed by atoms with Gasteiger partial charge in [-0.05, 0) is 12.1 Å². The normalized spacial score (nSPS) is 10.8. The molecule has 1 aromatic carbocycles. The number of rotatable bonds is 0. The molecule has 0 saturated heterocycles. The minimum absolute atomic E-state index is 0.135. The molecule has 0 aliphatic rings. The zero-order valence-electron chi connectivity index (χ0n) is 6.34. The first-order valence-corrected chi connectivity index (χ1v) is 4.22. The molecule has 0 bridgehead atoms. The molecular formula is C8H6BrNO2. The Balaban J connectivity index is 2.88. The molecule has 0 unspecified atom stereocenters. The van der Waals surface area contributed by atoms with Gasteiger partial charge in [0.05, 0.1) is 0 Å². The summed E-state index contributed by atoms with van der Waals surface area (Å²) >= 11 is 3.24. The predicted molar refractivity (Wildman–Crippen MR) is 48.1 cm³/mol. The first kappa shape index (κ1) is 7.61. The van der Waals surface area contributed by atoms with Crippen molar-refractivity contribution in [2.45, 2.75) is 6.92 Å². The van der Waals surface area contributed by atoms with Crippen molar-refractivity contribution in [3.8, 4) is 5.75 Å². The molecule has 1 N–H and O–H groups in total. The Morgan fingerprint density at radius 3 is 3.00 bits per heavy atom. The molecular weight excluding hydrogens is 222 g/mol. The third kappa shape index (κ3) is 1.08. The maximum Gasteiger partial charge on any atom is 0.192 e. The molecule has 1 aromatic heterocycles. The Hall–Kier alpha value is -1.03. The highest BCUT2D eigenvalue weighted by atomic mass is 79.9. The van der Waals surface area contributed by atoms with E-state index in [1.807, 2.05) is 0 Å². The maximum absolute atomic E-state index is 9.41. The fourth-order valence-electron chi connectivity index (χ4n) is 1.09. The summed E-state index contributed by atoms with van der Waals surface area (Å²) in [7, 11) is 0. The molecule has 0 aliphatic heterocycles. The number of hydrogen-bond acceptors (Lipinski definition) is 3. The average molecular weight is 228 g/mol. The van der Waals surface area contributed by atoms with Gasteiger partial charge in [-0.1, -0.05) is 15.9 Å². The minimum atomic E-state index is 0.135. The number of aromatic hydroxyl groups is 1.